The third-order valence-corrected chi connectivity index (χ3v) is 3.70. The molecule has 0 aliphatic carbocycles. The van der Waals surface area contributed by atoms with Crippen molar-refractivity contribution in [3.05, 3.63) is 58.7 Å². The van der Waals surface area contributed by atoms with Crippen LogP contribution in [-0.2, 0) is 11.0 Å². The average Bonchev–Trinajstić information content (AvgIpc) is 2.59. The molecule has 0 bridgehead atoms. The standard InChI is InChI=1S/C17H17ClF3N3O2.2ClH/c18-13-8-12(17(19,20)21)10-24-16(13)26-7-6-23-15(25)9-14(22)11-4-2-1-3-5-11;;/h1-5,8,10,14H,6-7,9,22H2,(H,23,25);2*1H. The number of nitrogens with one attached hydrogen (secondary N) is 1. The molecule has 0 saturated heterocycles. The van der Waals surface area contributed by atoms with E-state index in [-0.39, 0.29) is 61.2 Å². The van der Waals surface area contributed by atoms with Crippen molar-refractivity contribution in [2.24, 2.45) is 5.73 Å². The van der Waals surface area contributed by atoms with Gasteiger partial charge in [-0.15, -0.1) is 24.8 Å². The van der Waals surface area contributed by atoms with E-state index in [9.17, 15) is 18.0 Å². The van der Waals surface area contributed by atoms with Crippen molar-refractivity contribution in [2.75, 3.05) is 13.2 Å². The Hall–Kier alpha value is -1.74. The molecule has 1 atom stereocenters. The molecule has 2 aromatic rings. The summed E-state index contributed by atoms with van der Waals surface area (Å²) in [6.07, 6.45) is -3.79. The van der Waals surface area contributed by atoms with Gasteiger partial charge in [0, 0.05) is 18.7 Å². The summed E-state index contributed by atoms with van der Waals surface area (Å²) in [5.41, 5.74) is 5.84. The zero-order valence-corrected chi connectivity index (χ0v) is 16.8. The molecule has 156 valence electrons. The minimum atomic E-state index is -4.53. The van der Waals surface area contributed by atoms with Crippen LogP contribution < -0.4 is 15.8 Å². The van der Waals surface area contributed by atoms with E-state index in [0.29, 0.717) is 6.20 Å². The minimum absolute atomic E-state index is 0. The summed E-state index contributed by atoms with van der Waals surface area (Å²) in [7, 11) is 0. The van der Waals surface area contributed by atoms with Gasteiger partial charge in [0.1, 0.15) is 11.6 Å². The monoisotopic (exact) mass is 459 g/mol. The van der Waals surface area contributed by atoms with Crippen LogP contribution in [0.3, 0.4) is 0 Å². The van der Waals surface area contributed by atoms with Crippen LogP contribution in [0.15, 0.2) is 42.6 Å². The number of carbonyl (C=O) groups is 1. The molecule has 1 amide bonds. The lowest BCUT2D eigenvalue weighted by atomic mass is 10.0. The van der Waals surface area contributed by atoms with E-state index in [2.05, 4.69) is 10.3 Å². The molecule has 0 aliphatic heterocycles. The lowest BCUT2D eigenvalue weighted by Gasteiger charge is -2.13. The quantitative estimate of drug-likeness (QED) is 0.608. The van der Waals surface area contributed by atoms with Crippen molar-refractivity contribution in [3.8, 4) is 5.88 Å². The van der Waals surface area contributed by atoms with Gasteiger partial charge >= 0.3 is 6.18 Å². The number of alkyl halides is 3. The Labute approximate surface area is 177 Å². The lowest BCUT2D eigenvalue weighted by molar-refractivity contribution is -0.137. The van der Waals surface area contributed by atoms with Gasteiger partial charge < -0.3 is 15.8 Å². The van der Waals surface area contributed by atoms with E-state index >= 15 is 0 Å². The van der Waals surface area contributed by atoms with Crippen LogP contribution in [0, 0.1) is 0 Å². The molecule has 0 aliphatic rings. The minimum Gasteiger partial charge on any atom is -0.475 e. The summed E-state index contributed by atoms with van der Waals surface area (Å²) in [6.45, 7) is 0.143. The fraction of sp³-hybridized carbons (Fsp3) is 0.294. The van der Waals surface area contributed by atoms with E-state index in [0.717, 1.165) is 11.6 Å². The Morgan fingerprint density at radius 1 is 1.25 bits per heavy atom. The smallest absolute Gasteiger partial charge is 0.417 e. The van der Waals surface area contributed by atoms with Crippen LogP contribution >= 0.6 is 36.4 Å². The highest BCUT2D eigenvalue weighted by atomic mass is 35.5. The van der Waals surface area contributed by atoms with Gasteiger partial charge in [-0.2, -0.15) is 13.2 Å². The third-order valence-electron chi connectivity index (χ3n) is 3.43. The second-order valence-electron chi connectivity index (χ2n) is 5.43. The van der Waals surface area contributed by atoms with Crippen molar-refractivity contribution in [2.45, 2.75) is 18.6 Å². The van der Waals surface area contributed by atoms with Crippen molar-refractivity contribution in [3.63, 3.8) is 0 Å². The first-order chi connectivity index (χ1) is 12.3. The van der Waals surface area contributed by atoms with Crippen LogP contribution in [0.1, 0.15) is 23.6 Å². The number of nitrogens with two attached hydrogens (primary N) is 1. The van der Waals surface area contributed by atoms with Gasteiger partial charge in [0.25, 0.3) is 0 Å². The predicted octanol–water partition coefficient (Wildman–Crippen LogP) is 4.18. The molecule has 1 aromatic carbocycles. The van der Waals surface area contributed by atoms with Crippen molar-refractivity contribution < 1.29 is 22.7 Å². The van der Waals surface area contributed by atoms with Gasteiger partial charge in [-0.25, -0.2) is 4.98 Å². The SMILES string of the molecule is Cl.Cl.NC(CC(=O)NCCOc1ncc(C(F)(F)F)cc1Cl)c1ccccc1. The van der Waals surface area contributed by atoms with E-state index in [4.69, 9.17) is 22.1 Å². The van der Waals surface area contributed by atoms with Gasteiger partial charge in [0.15, 0.2) is 0 Å². The number of halogens is 6. The molecule has 3 N–H and O–H groups in total. The Morgan fingerprint density at radius 3 is 2.46 bits per heavy atom. The van der Waals surface area contributed by atoms with Gasteiger partial charge in [-0.05, 0) is 11.6 Å². The normalized spacial score (nSPS) is 11.6. The van der Waals surface area contributed by atoms with Crippen LogP contribution in [0.4, 0.5) is 13.2 Å². The maximum atomic E-state index is 12.5. The van der Waals surface area contributed by atoms with E-state index < -0.39 is 17.8 Å². The Bertz CT molecular complexity index is 749. The number of amides is 1. The molecular formula is C17H19Cl3F3N3O2. The fourth-order valence-electron chi connectivity index (χ4n) is 2.11. The molecule has 0 fully saturated rings. The maximum absolute atomic E-state index is 12.5. The van der Waals surface area contributed by atoms with Crippen LogP contribution in [0.5, 0.6) is 5.88 Å². The first-order valence-electron chi connectivity index (χ1n) is 7.70. The summed E-state index contributed by atoms with van der Waals surface area (Å²) in [6, 6.07) is 9.50. The van der Waals surface area contributed by atoms with Gasteiger partial charge in [-0.1, -0.05) is 41.9 Å². The topological polar surface area (TPSA) is 77.2 Å². The number of benzene rings is 1. The molecule has 0 saturated carbocycles. The van der Waals surface area contributed by atoms with E-state index in [1.54, 1.807) is 0 Å². The summed E-state index contributed by atoms with van der Waals surface area (Å²) >= 11 is 5.72. The van der Waals surface area contributed by atoms with E-state index in [1.807, 2.05) is 30.3 Å². The van der Waals surface area contributed by atoms with E-state index in [1.165, 1.54) is 0 Å². The maximum Gasteiger partial charge on any atom is 0.417 e. The Balaban J connectivity index is 0.00000364. The van der Waals surface area contributed by atoms with Gasteiger partial charge in [0.05, 0.1) is 12.1 Å². The van der Waals surface area contributed by atoms with Gasteiger partial charge in [0.2, 0.25) is 11.8 Å². The second-order valence-corrected chi connectivity index (χ2v) is 5.84. The zero-order valence-electron chi connectivity index (χ0n) is 14.4. The highest BCUT2D eigenvalue weighted by molar-refractivity contribution is 6.31. The number of ether oxygens (including phenoxy) is 1. The summed E-state index contributed by atoms with van der Waals surface area (Å²) in [4.78, 5) is 15.4. The predicted molar refractivity (Wildman–Crippen MR) is 105 cm³/mol. The summed E-state index contributed by atoms with van der Waals surface area (Å²) in [5.74, 6) is -0.397. The van der Waals surface area contributed by atoms with Gasteiger partial charge in [-0.3, -0.25) is 4.79 Å². The zero-order chi connectivity index (χ0) is 19.2. The largest absolute Gasteiger partial charge is 0.475 e. The number of hydrogen-bond acceptors (Lipinski definition) is 4. The van der Waals surface area contributed by atoms with Crippen LogP contribution in [0.25, 0.3) is 0 Å². The average molecular weight is 461 g/mol. The number of carbonyl (C=O) groups excluding carboxylic acids is 1. The Kier molecular flexibility index (Phi) is 11.2. The number of pyridine rings is 1. The molecule has 5 nitrogen and oxygen atoms in total. The second kappa shape index (κ2) is 12.0. The molecule has 0 radical (unpaired) electrons. The molecule has 1 aromatic heterocycles. The molecule has 28 heavy (non-hydrogen) atoms. The molecule has 1 heterocycles. The first kappa shape index (κ1) is 26.3. The first-order valence-corrected chi connectivity index (χ1v) is 8.08. The Morgan fingerprint density at radius 2 is 1.89 bits per heavy atom. The number of hydrogen-bond donors (Lipinski definition) is 2. The highest BCUT2D eigenvalue weighted by Gasteiger charge is 2.31. The lowest BCUT2D eigenvalue weighted by Crippen LogP contribution is -2.30. The summed E-state index contributed by atoms with van der Waals surface area (Å²) in [5, 5.41) is 2.36. The van der Waals surface area contributed by atoms with Crippen LogP contribution in [0.2, 0.25) is 5.02 Å². The fourth-order valence-corrected chi connectivity index (χ4v) is 2.34. The molecule has 1 unspecified atom stereocenters. The molecular weight excluding hydrogens is 442 g/mol. The van der Waals surface area contributed by atoms with Crippen LogP contribution in [-0.4, -0.2) is 24.0 Å². The molecule has 0 spiro atoms. The van der Waals surface area contributed by atoms with Crippen molar-refractivity contribution >= 4 is 42.3 Å². The van der Waals surface area contributed by atoms with Crippen molar-refractivity contribution in [1.29, 1.82) is 0 Å². The van der Waals surface area contributed by atoms with Crippen molar-refractivity contribution in [1.82, 2.24) is 10.3 Å². The number of aromatic nitrogens is 1. The number of nitrogens with zero attached hydrogens (tertiary/aromatic N) is 1. The summed E-state index contributed by atoms with van der Waals surface area (Å²) < 4.78 is 42.8. The number of rotatable bonds is 7. The highest BCUT2D eigenvalue weighted by Crippen LogP contribution is 2.32. The molecule has 11 heteroatoms. The third kappa shape index (κ3) is 8.10. The molecule has 2 rings (SSSR count).